The molecule has 0 bridgehead atoms. The molecule has 0 saturated heterocycles. The van der Waals surface area contributed by atoms with Gasteiger partial charge in [-0.05, 0) is 25.1 Å². The summed E-state index contributed by atoms with van der Waals surface area (Å²) in [6, 6.07) is 3.59. The Morgan fingerprint density at radius 2 is 2.40 bits per heavy atom. The van der Waals surface area contributed by atoms with Crippen LogP contribution in [0.4, 0.5) is 0 Å². The van der Waals surface area contributed by atoms with Crippen LogP contribution in [0.2, 0.25) is 0 Å². The second-order valence-corrected chi connectivity index (χ2v) is 3.06. The van der Waals surface area contributed by atoms with Gasteiger partial charge < -0.3 is 5.11 Å². The monoisotopic (exact) mass is 203 g/mol. The van der Waals surface area contributed by atoms with Crippen LogP contribution >= 0.6 is 0 Å². The predicted octanol–water partition coefficient (Wildman–Crippen LogP) is 1.14. The molecule has 0 unspecified atom stereocenters. The number of hydrogen-bond acceptors (Lipinski definition) is 3. The quantitative estimate of drug-likeness (QED) is 0.743. The van der Waals surface area contributed by atoms with Gasteiger partial charge in [0.1, 0.15) is 5.82 Å². The summed E-state index contributed by atoms with van der Waals surface area (Å²) in [6.07, 6.45) is 4.36. The molecule has 2 rings (SSSR count). The number of fused-ring (bicyclic) bond motifs is 1. The van der Waals surface area contributed by atoms with E-state index in [2.05, 4.69) is 10.1 Å². The van der Waals surface area contributed by atoms with Gasteiger partial charge in [-0.2, -0.15) is 5.10 Å². The highest BCUT2D eigenvalue weighted by Gasteiger charge is 2.02. The number of aromatic nitrogens is 3. The summed E-state index contributed by atoms with van der Waals surface area (Å²) in [4.78, 5) is 14.6. The largest absolute Gasteiger partial charge is 0.478 e. The highest BCUT2D eigenvalue weighted by molar-refractivity contribution is 5.86. The maximum Gasteiger partial charge on any atom is 0.328 e. The fourth-order valence-electron chi connectivity index (χ4n) is 1.32. The third-order valence-corrected chi connectivity index (χ3v) is 1.90. The number of aliphatic carboxylic acids is 1. The Balaban J connectivity index is 2.55. The highest BCUT2D eigenvalue weighted by Crippen LogP contribution is 2.10. The standard InChI is InChI=1S/C10H9N3O2/c1-7-11-10-8(4-5-9(14)15)3-2-6-13(10)12-7/h2-6H,1H3,(H,14,15). The summed E-state index contributed by atoms with van der Waals surface area (Å²) in [6.45, 7) is 1.79. The summed E-state index contributed by atoms with van der Waals surface area (Å²) >= 11 is 0. The number of pyridine rings is 1. The van der Waals surface area contributed by atoms with E-state index in [9.17, 15) is 4.79 Å². The molecule has 0 fully saturated rings. The third kappa shape index (κ3) is 1.85. The number of carboxylic acid groups (broad SMARTS) is 1. The molecule has 15 heavy (non-hydrogen) atoms. The molecule has 2 aromatic rings. The lowest BCUT2D eigenvalue weighted by Gasteiger charge is -1.94. The van der Waals surface area contributed by atoms with Crippen LogP contribution in [0.15, 0.2) is 24.4 Å². The maximum atomic E-state index is 10.4. The first-order valence-corrected chi connectivity index (χ1v) is 4.40. The number of aryl methyl sites for hydroxylation is 1. The van der Waals surface area contributed by atoms with Crippen molar-refractivity contribution in [2.24, 2.45) is 0 Å². The van der Waals surface area contributed by atoms with Crippen LogP contribution in [0.3, 0.4) is 0 Å². The van der Waals surface area contributed by atoms with Crippen LogP contribution in [0.5, 0.6) is 0 Å². The lowest BCUT2D eigenvalue weighted by Crippen LogP contribution is -1.90. The Bertz CT molecular complexity index is 543. The summed E-state index contributed by atoms with van der Waals surface area (Å²) in [5.74, 6) is -0.320. The lowest BCUT2D eigenvalue weighted by molar-refractivity contribution is -0.131. The van der Waals surface area contributed by atoms with Gasteiger partial charge in [-0.25, -0.2) is 14.3 Å². The summed E-state index contributed by atoms with van der Waals surface area (Å²) < 4.78 is 1.62. The molecule has 0 amide bonds. The molecule has 5 heteroatoms. The van der Waals surface area contributed by atoms with Crippen LogP contribution in [-0.2, 0) is 4.79 Å². The number of nitrogens with zero attached hydrogens (tertiary/aromatic N) is 3. The van der Waals surface area contributed by atoms with Crippen molar-refractivity contribution in [3.8, 4) is 0 Å². The van der Waals surface area contributed by atoms with Gasteiger partial charge in [0.05, 0.1) is 0 Å². The van der Waals surface area contributed by atoms with Crippen molar-refractivity contribution in [1.82, 2.24) is 14.6 Å². The molecule has 2 heterocycles. The van der Waals surface area contributed by atoms with Gasteiger partial charge in [0.25, 0.3) is 0 Å². The van der Waals surface area contributed by atoms with Crippen LogP contribution in [0.1, 0.15) is 11.4 Å². The minimum Gasteiger partial charge on any atom is -0.478 e. The lowest BCUT2D eigenvalue weighted by atomic mass is 10.2. The molecule has 0 aromatic carbocycles. The van der Waals surface area contributed by atoms with Gasteiger partial charge in [-0.1, -0.05) is 0 Å². The molecule has 0 saturated carbocycles. The average molecular weight is 203 g/mol. The van der Waals surface area contributed by atoms with Crippen LogP contribution in [0.25, 0.3) is 11.7 Å². The molecule has 5 nitrogen and oxygen atoms in total. The number of carbonyl (C=O) groups is 1. The maximum absolute atomic E-state index is 10.4. The summed E-state index contributed by atoms with van der Waals surface area (Å²) in [7, 11) is 0. The molecular weight excluding hydrogens is 194 g/mol. The molecule has 0 radical (unpaired) electrons. The Morgan fingerprint density at radius 1 is 1.60 bits per heavy atom. The van der Waals surface area contributed by atoms with Gasteiger partial charge in [-0.3, -0.25) is 0 Å². The summed E-state index contributed by atoms with van der Waals surface area (Å²) in [5, 5.41) is 12.6. The zero-order valence-electron chi connectivity index (χ0n) is 8.08. The first kappa shape index (κ1) is 9.39. The van der Waals surface area contributed by atoms with Crippen LogP contribution in [-0.4, -0.2) is 25.7 Å². The number of rotatable bonds is 2. The highest BCUT2D eigenvalue weighted by atomic mass is 16.4. The van der Waals surface area contributed by atoms with Crippen molar-refractivity contribution in [3.63, 3.8) is 0 Å². The first-order valence-electron chi connectivity index (χ1n) is 4.40. The molecule has 0 atom stereocenters. The van der Waals surface area contributed by atoms with E-state index in [1.165, 1.54) is 6.08 Å². The van der Waals surface area contributed by atoms with Gasteiger partial charge in [-0.15, -0.1) is 0 Å². The van der Waals surface area contributed by atoms with E-state index in [-0.39, 0.29) is 0 Å². The van der Waals surface area contributed by atoms with Crippen LogP contribution < -0.4 is 0 Å². The molecule has 0 spiro atoms. The van der Waals surface area contributed by atoms with Crippen molar-refractivity contribution in [2.45, 2.75) is 6.92 Å². The molecular formula is C10H9N3O2. The van der Waals surface area contributed by atoms with E-state index < -0.39 is 5.97 Å². The minimum absolute atomic E-state index is 0.658. The molecule has 0 aliphatic carbocycles. The van der Waals surface area contributed by atoms with E-state index in [0.717, 1.165) is 11.6 Å². The smallest absolute Gasteiger partial charge is 0.328 e. The molecule has 76 valence electrons. The topological polar surface area (TPSA) is 67.5 Å². The number of hydrogen-bond donors (Lipinski definition) is 1. The second kappa shape index (κ2) is 3.53. The van der Waals surface area contributed by atoms with Crippen molar-refractivity contribution < 1.29 is 9.90 Å². The fourth-order valence-corrected chi connectivity index (χ4v) is 1.32. The fraction of sp³-hybridized carbons (Fsp3) is 0.100. The predicted molar refractivity (Wildman–Crippen MR) is 54.4 cm³/mol. The van der Waals surface area contributed by atoms with E-state index in [4.69, 9.17) is 5.11 Å². The van der Waals surface area contributed by atoms with Gasteiger partial charge in [0.15, 0.2) is 5.65 Å². The Labute approximate surface area is 85.7 Å². The SMILES string of the molecule is Cc1nc2c(C=CC(=O)O)cccn2n1. The molecule has 0 aliphatic heterocycles. The molecule has 1 N–H and O–H groups in total. The van der Waals surface area contributed by atoms with Gasteiger partial charge >= 0.3 is 5.97 Å². The van der Waals surface area contributed by atoms with Crippen LogP contribution in [0, 0.1) is 6.92 Å². The second-order valence-electron chi connectivity index (χ2n) is 3.06. The minimum atomic E-state index is -0.978. The molecule has 0 aliphatic rings. The number of carboxylic acids is 1. The van der Waals surface area contributed by atoms with E-state index in [0.29, 0.717) is 11.5 Å². The molecule has 2 aromatic heterocycles. The van der Waals surface area contributed by atoms with Crippen molar-refractivity contribution >= 4 is 17.7 Å². The Kier molecular flexibility index (Phi) is 2.21. The van der Waals surface area contributed by atoms with E-state index >= 15 is 0 Å². The zero-order valence-corrected chi connectivity index (χ0v) is 8.08. The average Bonchev–Trinajstić information content (AvgIpc) is 2.55. The normalized spacial score (nSPS) is 11.3. The van der Waals surface area contributed by atoms with Crippen molar-refractivity contribution in [3.05, 3.63) is 35.8 Å². The third-order valence-electron chi connectivity index (χ3n) is 1.90. The van der Waals surface area contributed by atoms with E-state index in [1.54, 1.807) is 29.8 Å². The van der Waals surface area contributed by atoms with E-state index in [1.807, 2.05) is 0 Å². The van der Waals surface area contributed by atoms with Gasteiger partial charge in [0, 0.05) is 17.8 Å². The van der Waals surface area contributed by atoms with Crippen molar-refractivity contribution in [1.29, 1.82) is 0 Å². The summed E-state index contributed by atoms with van der Waals surface area (Å²) in [5.41, 5.74) is 1.40. The van der Waals surface area contributed by atoms with Crippen molar-refractivity contribution in [2.75, 3.05) is 0 Å². The zero-order chi connectivity index (χ0) is 10.8. The first-order chi connectivity index (χ1) is 7.16. The Morgan fingerprint density at radius 3 is 3.13 bits per heavy atom. The Hall–Kier alpha value is -2.17. The van der Waals surface area contributed by atoms with Gasteiger partial charge in [0.2, 0.25) is 0 Å².